The highest BCUT2D eigenvalue weighted by Gasteiger charge is 2.45. The van der Waals surface area contributed by atoms with E-state index in [-0.39, 0.29) is 17.9 Å². The fourth-order valence-corrected chi connectivity index (χ4v) is 2.34. The summed E-state index contributed by atoms with van der Waals surface area (Å²) in [4.78, 5) is 10.8. The maximum Gasteiger partial charge on any atom is 0.304 e. The quantitative estimate of drug-likeness (QED) is 0.820. The highest BCUT2D eigenvalue weighted by atomic mass is 16.4. The van der Waals surface area contributed by atoms with Crippen molar-refractivity contribution in [1.82, 2.24) is 0 Å². The minimum absolute atomic E-state index is 0.116. The molecule has 3 nitrogen and oxygen atoms in total. The lowest BCUT2D eigenvalue weighted by molar-refractivity contribution is -0.137. The Bertz CT molecular complexity index is 402. The zero-order chi connectivity index (χ0) is 12.5. The number of benzene rings is 1. The predicted molar refractivity (Wildman–Crippen MR) is 65.0 cm³/mol. The summed E-state index contributed by atoms with van der Waals surface area (Å²) in [5.74, 6) is -0.726. The summed E-state index contributed by atoms with van der Waals surface area (Å²) in [6.45, 7) is 1.76. The lowest BCUT2D eigenvalue weighted by atomic mass is 9.91. The van der Waals surface area contributed by atoms with Gasteiger partial charge in [0.1, 0.15) is 0 Å². The standard InChI is InChI=1S/C14H18O3/c1-10(15)8-11-2-4-12(5-3-11)14(6-7-14)9-13(16)17/h2-5,10,15H,6-9H2,1H3,(H,16,17). The Hall–Kier alpha value is -1.35. The molecule has 3 heteroatoms. The van der Waals surface area contributed by atoms with Gasteiger partial charge >= 0.3 is 5.97 Å². The summed E-state index contributed by atoms with van der Waals surface area (Å²) in [6, 6.07) is 8.00. The summed E-state index contributed by atoms with van der Waals surface area (Å²) in [7, 11) is 0. The van der Waals surface area contributed by atoms with Crippen molar-refractivity contribution in [1.29, 1.82) is 0 Å². The van der Waals surface area contributed by atoms with Crippen molar-refractivity contribution in [3.05, 3.63) is 35.4 Å². The van der Waals surface area contributed by atoms with Crippen LogP contribution in [0, 0.1) is 0 Å². The zero-order valence-corrected chi connectivity index (χ0v) is 10.0. The van der Waals surface area contributed by atoms with E-state index in [0.29, 0.717) is 6.42 Å². The first-order valence-electron chi connectivity index (χ1n) is 6.01. The van der Waals surface area contributed by atoms with Gasteiger partial charge < -0.3 is 10.2 Å². The number of aliphatic hydroxyl groups is 1. The van der Waals surface area contributed by atoms with E-state index < -0.39 is 5.97 Å². The predicted octanol–water partition coefficient (Wildman–Crippen LogP) is 2.12. The molecule has 1 atom stereocenters. The summed E-state index contributed by atoms with van der Waals surface area (Å²) >= 11 is 0. The first-order valence-corrected chi connectivity index (χ1v) is 6.01. The van der Waals surface area contributed by atoms with Gasteiger partial charge in [-0.05, 0) is 37.3 Å². The molecular formula is C14H18O3. The monoisotopic (exact) mass is 234 g/mol. The highest BCUT2D eigenvalue weighted by molar-refractivity contribution is 5.70. The van der Waals surface area contributed by atoms with E-state index in [2.05, 4.69) is 0 Å². The molecule has 0 saturated heterocycles. The zero-order valence-electron chi connectivity index (χ0n) is 10.0. The van der Waals surface area contributed by atoms with Crippen molar-refractivity contribution < 1.29 is 15.0 Å². The third-order valence-electron chi connectivity index (χ3n) is 3.44. The van der Waals surface area contributed by atoms with Crippen molar-refractivity contribution >= 4 is 5.97 Å². The van der Waals surface area contributed by atoms with Crippen LogP contribution in [0.4, 0.5) is 0 Å². The van der Waals surface area contributed by atoms with E-state index in [0.717, 1.165) is 24.0 Å². The molecule has 1 aromatic rings. The van der Waals surface area contributed by atoms with Crippen molar-refractivity contribution in [3.8, 4) is 0 Å². The molecule has 2 rings (SSSR count). The Morgan fingerprint density at radius 2 is 1.94 bits per heavy atom. The van der Waals surface area contributed by atoms with Gasteiger partial charge in [0.25, 0.3) is 0 Å². The molecule has 0 amide bonds. The second-order valence-corrected chi connectivity index (χ2v) is 5.10. The molecule has 0 radical (unpaired) electrons. The molecule has 0 spiro atoms. The fraction of sp³-hybridized carbons (Fsp3) is 0.500. The van der Waals surface area contributed by atoms with E-state index in [1.54, 1.807) is 6.92 Å². The maximum atomic E-state index is 10.8. The lowest BCUT2D eigenvalue weighted by Crippen LogP contribution is -2.13. The van der Waals surface area contributed by atoms with Gasteiger partial charge in [0.05, 0.1) is 12.5 Å². The number of hydrogen-bond acceptors (Lipinski definition) is 2. The maximum absolute atomic E-state index is 10.8. The van der Waals surface area contributed by atoms with E-state index in [9.17, 15) is 9.90 Å². The molecule has 1 unspecified atom stereocenters. The topological polar surface area (TPSA) is 57.5 Å². The second-order valence-electron chi connectivity index (χ2n) is 5.10. The largest absolute Gasteiger partial charge is 0.481 e. The van der Waals surface area contributed by atoms with Gasteiger partial charge in [0.15, 0.2) is 0 Å². The van der Waals surface area contributed by atoms with E-state index in [4.69, 9.17) is 5.11 Å². The molecular weight excluding hydrogens is 216 g/mol. The molecule has 1 saturated carbocycles. The summed E-state index contributed by atoms with van der Waals surface area (Å²) < 4.78 is 0. The van der Waals surface area contributed by atoms with Crippen molar-refractivity contribution in [3.63, 3.8) is 0 Å². The van der Waals surface area contributed by atoms with Gasteiger partial charge in [0.2, 0.25) is 0 Å². The van der Waals surface area contributed by atoms with E-state index in [1.165, 1.54) is 0 Å². The van der Waals surface area contributed by atoms with Crippen LogP contribution < -0.4 is 0 Å². The molecule has 1 aromatic carbocycles. The van der Waals surface area contributed by atoms with Gasteiger partial charge in [-0.3, -0.25) is 4.79 Å². The van der Waals surface area contributed by atoms with Crippen LogP contribution >= 0.6 is 0 Å². The average molecular weight is 234 g/mol. The Kier molecular flexibility index (Phi) is 3.20. The third kappa shape index (κ3) is 2.86. The molecule has 0 aromatic heterocycles. The number of carbonyl (C=O) groups is 1. The Morgan fingerprint density at radius 1 is 1.35 bits per heavy atom. The lowest BCUT2D eigenvalue weighted by Gasteiger charge is -2.14. The first kappa shape index (κ1) is 12.1. The molecule has 1 aliphatic rings. The Morgan fingerprint density at radius 3 is 2.35 bits per heavy atom. The molecule has 0 heterocycles. The molecule has 0 aliphatic heterocycles. The van der Waals surface area contributed by atoms with Crippen LogP contribution in [-0.2, 0) is 16.6 Å². The average Bonchev–Trinajstić information content (AvgIpc) is 2.98. The van der Waals surface area contributed by atoms with E-state index in [1.807, 2.05) is 24.3 Å². The van der Waals surface area contributed by atoms with Crippen LogP contribution in [0.5, 0.6) is 0 Å². The van der Waals surface area contributed by atoms with Gasteiger partial charge in [-0.1, -0.05) is 24.3 Å². The second kappa shape index (κ2) is 4.49. The summed E-state index contributed by atoms with van der Waals surface area (Å²) in [5, 5.41) is 18.2. The van der Waals surface area contributed by atoms with Gasteiger partial charge in [-0.25, -0.2) is 0 Å². The number of hydrogen-bond donors (Lipinski definition) is 2. The summed E-state index contributed by atoms with van der Waals surface area (Å²) in [5.41, 5.74) is 2.10. The SMILES string of the molecule is CC(O)Cc1ccc(C2(CC(=O)O)CC2)cc1. The smallest absolute Gasteiger partial charge is 0.304 e. The number of carboxylic acids is 1. The number of aliphatic carboxylic acids is 1. The van der Waals surface area contributed by atoms with Crippen molar-refractivity contribution in [2.45, 2.75) is 44.1 Å². The fourth-order valence-electron chi connectivity index (χ4n) is 2.34. The molecule has 2 N–H and O–H groups in total. The van der Waals surface area contributed by atoms with Crippen LogP contribution in [0.1, 0.15) is 37.3 Å². The van der Waals surface area contributed by atoms with Crippen molar-refractivity contribution in [2.24, 2.45) is 0 Å². The molecule has 0 bridgehead atoms. The molecule has 1 aliphatic carbocycles. The molecule has 92 valence electrons. The van der Waals surface area contributed by atoms with E-state index >= 15 is 0 Å². The number of aliphatic hydroxyl groups excluding tert-OH is 1. The first-order chi connectivity index (χ1) is 8.02. The Labute approximate surface area is 101 Å². The summed E-state index contributed by atoms with van der Waals surface area (Å²) in [6.07, 6.45) is 2.47. The Balaban J connectivity index is 2.10. The van der Waals surface area contributed by atoms with Gasteiger partial charge in [-0.2, -0.15) is 0 Å². The van der Waals surface area contributed by atoms with Crippen LogP contribution in [0.2, 0.25) is 0 Å². The molecule has 17 heavy (non-hydrogen) atoms. The van der Waals surface area contributed by atoms with Crippen LogP contribution in [0.3, 0.4) is 0 Å². The minimum atomic E-state index is -0.726. The third-order valence-corrected chi connectivity index (χ3v) is 3.44. The van der Waals surface area contributed by atoms with Crippen LogP contribution in [0.25, 0.3) is 0 Å². The minimum Gasteiger partial charge on any atom is -0.481 e. The normalized spacial score (nSPS) is 18.7. The van der Waals surface area contributed by atoms with Crippen molar-refractivity contribution in [2.75, 3.05) is 0 Å². The van der Waals surface area contributed by atoms with Gasteiger partial charge in [-0.15, -0.1) is 0 Å². The van der Waals surface area contributed by atoms with Crippen LogP contribution in [-0.4, -0.2) is 22.3 Å². The number of carboxylic acid groups (broad SMARTS) is 1. The molecule has 1 fully saturated rings. The highest BCUT2D eigenvalue weighted by Crippen LogP contribution is 2.50. The van der Waals surface area contributed by atoms with Gasteiger partial charge in [0, 0.05) is 5.41 Å². The number of rotatable bonds is 5. The van der Waals surface area contributed by atoms with Crippen LogP contribution in [0.15, 0.2) is 24.3 Å².